The lowest BCUT2D eigenvalue weighted by atomic mass is 9.83. The summed E-state index contributed by atoms with van der Waals surface area (Å²) in [6, 6.07) is 7.86. The molecule has 112 valence electrons. The Morgan fingerprint density at radius 3 is 2.20 bits per heavy atom. The van der Waals surface area contributed by atoms with E-state index in [-0.39, 0.29) is 23.9 Å². The van der Waals surface area contributed by atoms with E-state index in [0.717, 1.165) is 17.5 Å². The average Bonchev–Trinajstić information content (AvgIpc) is 2.35. The molecule has 0 aromatic heterocycles. The van der Waals surface area contributed by atoms with Crippen molar-refractivity contribution in [3.63, 3.8) is 0 Å². The number of hydrogen-bond acceptors (Lipinski definition) is 3. The Labute approximate surface area is 121 Å². The van der Waals surface area contributed by atoms with Crippen LogP contribution in [-0.4, -0.2) is 17.3 Å². The molecular weight excluding hydrogens is 252 g/mol. The van der Waals surface area contributed by atoms with Gasteiger partial charge in [0.25, 0.3) is 0 Å². The molecule has 1 heterocycles. The molecule has 1 saturated heterocycles. The van der Waals surface area contributed by atoms with Crippen LogP contribution in [0.15, 0.2) is 24.3 Å². The van der Waals surface area contributed by atoms with Gasteiger partial charge in [0.15, 0.2) is 6.29 Å². The summed E-state index contributed by atoms with van der Waals surface area (Å²) in [7, 11) is 0. The van der Waals surface area contributed by atoms with Crippen LogP contribution in [-0.2, 0) is 9.47 Å². The molecule has 1 aliphatic heterocycles. The van der Waals surface area contributed by atoms with Crippen molar-refractivity contribution in [2.75, 3.05) is 0 Å². The summed E-state index contributed by atoms with van der Waals surface area (Å²) in [4.78, 5) is 0. The maximum absolute atomic E-state index is 10.6. The predicted molar refractivity (Wildman–Crippen MR) is 79.3 cm³/mol. The fraction of sp³-hybridized carbons (Fsp3) is 0.647. The number of hydrogen-bond donors (Lipinski definition) is 1. The van der Waals surface area contributed by atoms with E-state index in [1.165, 1.54) is 0 Å². The molecule has 0 spiro atoms. The Hall–Kier alpha value is -0.900. The van der Waals surface area contributed by atoms with Gasteiger partial charge in [0.2, 0.25) is 0 Å². The molecule has 1 unspecified atom stereocenters. The highest BCUT2D eigenvalue weighted by Crippen LogP contribution is 2.39. The second kappa shape index (κ2) is 5.84. The van der Waals surface area contributed by atoms with E-state index in [2.05, 4.69) is 13.8 Å². The molecule has 0 bridgehead atoms. The first-order chi connectivity index (χ1) is 9.29. The van der Waals surface area contributed by atoms with Gasteiger partial charge in [-0.25, -0.2) is 0 Å². The van der Waals surface area contributed by atoms with E-state index < -0.39 is 6.10 Å². The number of aliphatic hydroxyl groups excluding tert-OH is 1. The largest absolute Gasteiger partial charge is 0.388 e. The maximum atomic E-state index is 10.6. The zero-order valence-electron chi connectivity index (χ0n) is 13.1. The van der Waals surface area contributed by atoms with Gasteiger partial charge in [-0.3, -0.25) is 0 Å². The first-order valence-electron chi connectivity index (χ1n) is 7.37. The van der Waals surface area contributed by atoms with Crippen LogP contribution >= 0.6 is 0 Å². The van der Waals surface area contributed by atoms with Gasteiger partial charge in [-0.2, -0.15) is 0 Å². The number of rotatable bonds is 2. The van der Waals surface area contributed by atoms with Crippen LogP contribution in [0.1, 0.15) is 64.6 Å². The molecule has 0 amide bonds. The summed E-state index contributed by atoms with van der Waals surface area (Å²) in [5.41, 5.74) is 1.61. The van der Waals surface area contributed by atoms with Crippen molar-refractivity contribution in [2.45, 2.75) is 65.6 Å². The molecule has 3 nitrogen and oxygen atoms in total. The Bertz CT molecular complexity index is 440. The highest BCUT2D eigenvalue weighted by atomic mass is 16.7. The first-order valence-corrected chi connectivity index (χ1v) is 7.37. The molecule has 0 aliphatic carbocycles. The SMILES string of the molecule is C[C@@H]1C[C@@H](C)OC(c2ccccc2C(O)C(C)(C)C)O1. The van der Waals surface area contributed by atoms with Gasteiger partial charge in [0, 0.05) is 5.56 Å². The average molecular weight is 278 g/mol. The van der Waals surface area contributed by atoms with Crippen LogP contribution in [0, 0.1) is 5.41 Å². The Kier molecular flexibility index (Phi) is 4.52. The van der Waals surface area contributed by atoms with E-state index in [9.17, 15) is 5.11 Å². The summed E-state index contributed by atoms with van der Waals surface area (Å²) in [6.07, 6.45) is 0.313. The molecule has 3 heteroatoms. The van der Waals surface area contributed by atoms with E-state index in [1.54, 1.807) is 0 Å². The fourth-order valence-electron chi connectivity index (χ4n) is 2.62. The Morgan fingerprint density at radius 2 is 1.65 bits per heavy atom. The first kappa shape index (κ1) is 15.5. The van der Waals surface area contributed by atoms with E-state index in [0.29, 0.717) is 0 Å². The third kappa shape index (κ3) is 3.40. The zero-order valence-corrected chi connectivity index (χ0v) is 13.1. The van der Waals surface area contributed by atoms with Crippen molar-refractivity contribution in [1.82, 2.24) is 0 Å². The topological polar surface area (TPSA) is 38.7 Å². The molecule has 1 fully saturated rings. The van der Waals surface area contributed by atoms with Gasteiger partial charge in [0.1, 0.15) is 0 Å². The minimum Gasteiger partial charge on any atom is -0.388 e. The molecule has 0 radical (unpaired) electrons. The van der Waals surface area contributed by atoms with Crippen LogP contribution in [0.25, 0.3) is 0 Å². The van der Waals surface area contributed by atoms with Gasteiger partial charge in [-0.15, -0.1) is 0 Å². The summed E-state index contributed by atoms with van der Waals surface area (Å²) >= 11 is 0. The van der Waals surface area contributed by atoms with E-state index in [4.69, 9.17) is 9.47 Å². The van der Waals surface area contributed by atoms with Gasteiger partial charge in [0.05, 0.1) is 18.3 Å². The van der Waals surface area contributed by atoms with Crippen molar-refractivity contribution in [1.29, 1.82) is 0 Å². The van der Waals surface area contributed by atoms with Crippen LogP contribution < -0.4 is 0 Å². The van der Waals surface area contributed by atoms with E-state index in [1.807, 2.05) is 45.0 Å². The van der Waals surface area contributed by atoms with Crippen molar-refractivity contribution >= 4 is 0 Å². The van der Waals surface area contributed by atoms with Crippen molar-refractivity contribution in [3.8, 4) is 0 Å². The summed E-state index contributed by atoms with van der Waals surface area (Å²) in [6.45, 7) is 10.2. The molecule has 1 aliphatic rings. The molecule has 20 heavy (non-hydrogen) atoms. The predicted octanol–water partition coefficient (Wildman–Crippen LogP) is 3.98. The maximum Gasteiger partial charge on any atom is 0.184 e. The molecule has 1 aromatic rings. The zero-order chi connectivity index (χ0) is 14.9. The summed E-state index contributed by atoms with van der Waals surface area (Å²) in [5, 5.41) is 10.6. The van der Waals surface area contributed by atoms with Gasteiger partial charge in [-0.1, -0.05) is 45.0 Å². The molecule has 3 atom stereocenters. The van der Waals surface area contributed by atoms with E-state index >= 15 is 0 Å². The van der Waals surface area contributed by atoms with Gasteiger partial charge < -0.3 is 14.6 Å². The Balaban J connectivity index is 2.32. The second-order valence-electron chi connectivity index (χ2n) is 6.86. The number of aliphatic hydroxyl groups is 1. The van der Waals surface area contributed by atoms with Crippen LogP contribution in [0.2, 0.25) is 0 Å². The van der Waals surface area contributed by atoms with Crippen LogP contribution in [0.4, 0.5) is 0 Å². The minimum absolute atomic E-state index is 0.170. The summed E-state index contributed by atoms with van der Waals surface area (Å²) in [5.74, 6) is 0. The minimum atomic E-state index is -0.543. The lowest BCUT2D eigenvalue weighted by molar-refractivity contribution is -0.239. The lowest BCUT2D eigenvalue weighted by Gasteiger charge is -2.35. The lowest BCUT2D eigenvalue weighted by Crippen LogP contribution is -2.31. The Morgan fingerprint density at radius 1 is 1.10 bits per heavy atom. The van der Waals surface area contributed by atoms with Gasteiger partial charge >= 0.3 is 0 Å². The third-order valence-corrected chi connectivity index (χ3v) is 3.74. The molecule has 1 N–H and O–H groups in total. The fourth-order valence-corrected chi connectivity index (χ4v) is 2.62. The number of ether oxygens (including phenoxy) is 2. The van der Waals surface area contributed by atoms with Crippen molar-refractivity contribution in [3.05, 3.63) is 35.4 Å². The van der Waals surface area contributed by atoms with Crippen LogP contribution in [0.3, 0.4) is 0 Å². The summed E-state index contributed by atoms with van der Waals surface area (Å²) < 4.78 is 11.8. The van der Waals surface area contributed by atoms with Crippen molar-refractivity contribution < 1.29 is 14.6 Å². The molecular formula is C17H26O3. The van der Waals surface area contributed by atoms with Crippen molar-refractivity contribution in [2.24, 2.45) is 5.41 Å². The molecule has 1 aromatic carbocycles. The third-order valence-electron chi connectivity index (χ3n) is 3.74. The highest BCUT2D eigenvalue weighted by molar-refractivity contribution is 5.31. The second-order valence-corrected chi connectivity index (χ2v) is 6.86. The molecule has 2 rings (SSSR count). The number of benzene rings is 1. The smallest absolute Gasteiger partial charge is 0.184 e. The quantitative estimate of drug-likeness (QED) is 0.889. The normalized spacial score (nSPS) is 29.2. The van der Waals surface area contributed by atoms with Gasteiger partial charge in [-0.05, 0) is 31.2 Å². The highest BCUT2D eigenvalue weighted by Gasteiger charge is 2.32. The monoisotopic (exact) mass is 278 g/mol. The molecule has 0 saturated carbocycles. The van der Waals surface area contributed by atoms with Crippen LogP contribution in [0.5, 0.6) is 0 Å². The standard InChI is InChI=1S/C17H26O3/c1-11-10-12(2)20-16(19-11)14-9-7-6-8-13(14)15(18)17(3,4)5/h6-9,11-12,15-16,18H,10H2,1-5H3/t11-,12-,15?/m1/s1.